The average Bonchev–Trinajstić information content (AvgIpc) is 2.29. The molecule has 0 amide bonds. The number of hydrogen-bond donors (Lipinski definition) is 1. The first-order valence-electron chi connectivity index (χ1n) is 5.29. The lowest BCUT2D eigenvalue weighted by molar-refractivity contribution is 0.108. The van der Waals surface area contributed by atoms with Crippen LogP contribution in [0.5, 0.6) is 0 Å². The predicted octanol–water partition coefficient (Wildman–Crippen LogP) is 0.366. The van der Waals surface area contributed by atoms with E-state index in [9.17, 15) is 17.9 Å². The fourth-order valence-electron chi connectivity index (χ4n) is 1.82. The van der Waals surface area contributed by atoms with Crippen LogP contribution in [0.25, 0.3) is 0 Å². The van der Waals surface area contributed by atoms with Gasteiger partial charge in [0.2, 0.25) is 10.0 Å². The molecule has 2 rings (SSSR count). The molecule has 5 nitrogen and oxygen atoms in total. The zero-order valence-corrected chi connectivity index (χ0v) is 9.90. The second-order valence-corrected chi connectivity index (χ2v) is 5.94. The molecule has 2 heterocycles. The van der Waals surface area contributed by atoms with Gasteiger partial charge in [0, 0.05) is 19.3 Å². The molecule has 1 aliphatic rings. The Bertz CT molecular complexity index is 506. The highest BCUT2D eigenvalue weighted by atomic mass is 32.2. The summed E-state index contributed by atoms with van der Waals surface area (Å²) in [6.07, 6.45) is 2.60. The molecule has 0 spiro atoms. The minimum absolute atomic E-state index is 0.0544. The van der Waals surface area contributed by atoms with E-state index >= 15 is 0 Å². The molecule has 1 fully saturated rings. The third kappa shape index (κ3) is 2.62. The summed E-state index contributed by atoms with van der Waals surface area (Å²) in [4.78, 5) is 3.35. The van der Waals surface area contributed by atoms with Crippen molar-refractivity contribution in [2.45, 2.75) is 23.8 Å². The van der Waals surface area contributed by atoms with Gasteiger partial charge in [-0.05, 0) is 18.9 Å². The zero-order valence-electron chi connectivity index (χ0n) is 9.08. The van der Waals surface area contributed by atoms with E-state index in [-0.39, 0.29) is 11.4 Å². The number of halogens is 1. The molecule has 1 unspecified atom stereocenters. The van der Waals surface area contributed by atoms with E-state index in [0.29, 0.717) is 19.4 Å². The van der Waals surface area contributed by atoms with Crippen molar-refractivity contribution in [3.05, 3.63) is 24.3 Å². The fourth-order valence-corrected chi connectivity index (χ4v) is 3.31. The third-order valence-electron chi connectivity index (χ3n) is 2.68. The number of aromatic nitrogens is 1. The Kier molecular flexibility index (Phi) is 3.41. The van der Waals surface area contributed by atoms with E-state index in [4.69, 9.17) is 0 Å². The number of sulfonamides is 1. The van der Waals surface area contributed by atoms with Gasteiger partial charge in [-0.1, -0.05) is 0 Å². The molecule has 0 saturated carbocycles. The van der Waals surface area contributed by atoms with E-state index in [2.05, 4.69) is 4.98 Å². The quantitative estimate of drug-likeness (QED) is 0.834. The highest BCUT2D eigenvalue weighted by Crippen LogP contribution is 2.20. The maximum Gasteiger partial charge on any atom is 0.244 e. The Morgan fingerprint density at radius 2 is 2.24 bits per heavy atom. The molecule has 1 saturated heterocycles. The van der Waals surface area contributed by atoms with Crippen LogP contribution in [-0.2, 0) is 10.0 Å². The van der Waals surface area contributed by atoms with Gasteiger partial charge < -0.3 is 5.11 Å². The number of β-amino-alcohol motifs (C(OH)–C–C–N with tert-alkyl or cyclic N) is 1. The smallest absolute Gasteiger partial charge is 0.244 e. The molecular weight excluding hydrogens is 247 g/mol. The summed E-state index contributed by atoms with van der Waals surface area (Å²) in [6, 6.07) is 0.934. The first kappa shape index (κ1) is 12.4. The van der Waals surface area contributed by atoms with Crippen molar-refractivity contribution >= 4 is 10.0 Å². The summed E-state index contributed by atoms with van der Waals surface area (Å²) in [6.45, 7) is 0.398. The summed E-state index contributed by atoms with van der Waals surface area (Å²) < 4.78 is 38.3. The number of aliphatic hydroxyl groups is 1. The van der Waals surface area contributed by atoms with Gasteiger partial charge in [0.1, 0.15) is 10.7 Å². The zero-order chi connectivity index (χ0) is 12.5. The highest BCUT2D eigenvalue weighted by Gasteiger charge is 2.29. The summed E-state index contributed by atoms with van der Waals surface area (Å²) >= 11 is 0. The standard InChI is InChI=1S/C10H13FN2O3S/c11-8-4-10(6-12-5-8)17(15,16)13-3-1-2-9(14)7-13/h4-6,9,14H,1-3,7H2. The van der Waals surface area contributed by atoms with Crippen molar-refractivity contribution in [3.63, 3.8) is 0 Å². The lowest BCUT2D eigenvalue weighted by Crippen LogP contribution is -2.42. The van der Waals surface area contributed by atoms with Gasteiger partial charge in [0.25, 0.3) is 0 Å². The first-order chi connectivity index (χ1) is 8.00. The molecule has 0 aromatic carbocycles. The number of hydrogen-bond acceptors (Lipinski definition) is 4. The van der Waals surface area contributed by atoms with Gasteiger partial charge in [0.05, 0.1) is 12.3 Å². The second-order valence-electron chi connectivity index (χ2n) is 4.00. The Labute approximate surface area is 99.0 Å². The second kappa shape index (κ2) is 4.67. The van der Waals surface area contributed by atoms with E-state index in [1.807, 2.05) is 0 Å². The lowest BCUT2D eigenvalue weighted by Gasteiger charge is -2.29. The Balaban J connectivity index is 2.29. The fraction of sp³-hybridized carbons (Fsp3) is 0.500. The molecule has 94 valence electrons. The van der Waals surface area contributed by atoms with Crippen molar-refractivity contribution in [2.75, 3.05) is 13.1 Å². The molecule has 1 N–H and O–H groups in total. The summed E-state index contributed by atoms with van der Waals surface area (Å²) in [5, 5.41) is 9.45. The molecule has 1 atom stereocenters. The van der Waals surface area contributed by atoms with Crippen LogP contribution in [0.1, 0.15) is 12.8 Å². The molecular formula is C10H13FN2O3S. The Hall–Kier alpha value is -1.05. The third-order valence-corrected chi connectivity index (χ3v) is 4.51. The minimum Gasteiger partial charge on any atom is -0.392 e. The van der Waals surface area contributed by atoms with Crippen LogP contribution >= 0.6 is 0 Å². The van der Waals surface area contributed by atoms with Crippen molar-refractivity contribution in [1.82, 2.24) is 9.29 Å². The minimum atomic E-state index is -3.75. The van der Waals surface area contributed by atoms with Gasteiger partial charge in [0.15, 0.2) is 0 Å². The van der Waals surface area contributed by atoms with Crippen LogP contribution in [0.2, 0.25) is 0 Å². The number of aliphatic hydroxyl groups excluding tert-OH is 1. The maximum atomic E-state index is 12.9. The summed E-state index contributed by atoms with van der Waals surface area (Å²) in [7, 11) is -3.75. The van der Waals surface area contributed by atoms with E-state index < -0.39 is 21.9 Å². The van der Waals surface area contributed by atoms with Crippen molar-refractivity contribution in [3.8, 4) is 0 Å². The number of rotatable bonds is 2. The van der Waals surface area contributed by atoms with Crippen LogP contribution in [0.15, 0.2) is 23.4 Å². The van der Waals surface area contributed by atoms with Crippen LogP contribution in [-0.4, -0.2) is 42.0 Å². The van der Waals surface area contributed by atoms with Crippen LogP contribution < -0.4 is 0 Å². The van der Waals surface area contributed by atoms with Gasteiger partial charge in [-0.3, -0.25) is 4.98 Å². The van der Waals surface area contributed by atoms with E-state index in [1.54, 1.807) is 0 Å². The molecule has 17 heavy (non-hydrogen) atoms. The molecule has 1 aromatic rings. The molecule has 7 heteroatoms. The number of piperidine rings is 1. The lowest BCUT2D eigenvalue weighted by atomic mass is 10.1. The number of nitrogens with zero attached hydrogens (tertiary/aromatic N) is 2. The van der Waals surface area contributed by atoms with Gasteiger partial charge >= 0.3 is 0 Å². The number of pyridine rings is 1. The highest BCUT2D eigenvalue weighted by molar-refractivity contribution is 7.89. The molecule has 0 radical (unpaired) electrons. The molecule has 1 aromatic heterocycles. The molecule has 0 aliphatic carbocycles. The average molecular weight is 260 g/mol. The van der Waals surface area contributed by atoms with Crippen molar-refractivity contribution in [1.29, 1.82) is 0 Å². The van der Waals surface area contributed by atoms with Gasteiger partial charge in [-0.25, -0.2) is 12.8 Å². The Morgan fingerprint density at radius 3 is 2.88 bits per heavy atom. The normalized spacial score (nSPS) is 22.6. The van der Waals surface area contributed by atoms with Crippen molar-refractivity contribution in [2.24, 2.45) is 0 Å². The maximum absolute atomic E-state index is 12.9. The largest absolute Gasteiger partial charge is 0.392 e. The van der Waals surface area contributed by atoms with Gasteiger partial charge in [-0.2, -0.15) is 4.31 Å². The van der Waals surface area contributed by atoms with Crippen LogP contribution in [0.4, 0.5) is 4.39 Å². The van der Waals surface area contributed by atoms with Gasteiger partial charge in [-0.15, -0.1) is 0 Å². The topological polar surface area (TPSA) is 70.5 Å². The van der Waals surface area contributed by atoms with Crippen LogP contribution in [0, 0.1) is 5.82 Å². The molecule has 0 bridgehead atoms. The van der Waals surface area contributed by atoms with Crippen LogP contribution in [0.3, 0.4) is 0 Å². The summed E-state index contributed by atoms with van der Waals surface area (Å²) in [5.74, 6) is -0.691. The van der Waals surface area contributed by atoms with E-state index in [0.717, 1.165) is 22.8 Å². The monoisotopic (exact) mass is 260 g/mol. The predicted molar refractivity (Wildman–Crippen MR) is 58.2 cm³/mol. The first-order valence-corrected chi connectivity index (χ1v) is 6.73. The summed E-state index contributed by atoms with van der Waals surface area (Å²) in [5.41, 5.74) is 0. The Morgan fingerprint density at radius 1 is 1.47 bits per heavy atom. The SMILES string of the molecule is O=S(=O)(c1cncc(F)c1)N1CCCC(O)C1. The van der Waals surface area contributed by atoms with Crippen molar-refractivity contribution < 1.29 is 17.9 Å². The van der Waals surface area contributed by atoms with E-state index in [1.165, 1.54) is 0 Å². The molecule has 1 aliphatic heterocycles.